The van der Waals surface area contributed by atoms with Gasteiger partial charge in [-0.2, -0.15) is 0 Å². The summed E-state index contributed by atoms with van der Waals surface area (Å²) in [5, 5.41) is 9.35. The van der Waals surface area contributed by atoms with Crippen LogP contribution < -0.4 is 4.74 Å². The van der Waals surface area contributed by atoms with Crippen molar-refractivity contribution in [2.24, 2.45) is 0 Å². The molecule has 1 aliphatic heterocycles. The number of aliphatic carboxylic acids is 1. The molecule has 2 aromatic carbocycles. The van der Waals surface area contributed by atoms with Crippen LogP contribution in [0.25, 0.3) is 0 Å². The molecule has 0 saturated heterocycles. The van der Waals surface area contributed by atoms with E-state index in [9.17, 15) is 23.9 Å². The molecule has 1 N–H and O–H groups in total. The average molecular weight is 647 g/mol. The number of rotatable bonds is 7. The number of allylic oxidation sites excluding steroid dienone is 4. The van der Waals surface area contributed by atoms with E-state index in [2.05, 4.69) is 31.9 Å². The molecule has 0 saturated carbocycles. The number of carboxylic acids is 1. The zero-order valence-electron chi connectivity index (χ0n) is 20.6. The van der Waals surface area contributed by atoms with E-state index in [-0.39, 0.29) is 37.0 Å². The Bertz CT molecular complexity index is 1330. The molecular formula is C29H26Br2FNO5. The van der Waals surface area contributed by atoms with Crippen LogP contribution in [-0.2, 0) is 21.0 Å². The Labute approximate surface area is 236 Å². The Kier molecular flexibility index (Phi) is 7.86. The number of ketones is 2. The lowest BCUT2D eigenvalue weighted by atomic mass is 9.71. The summed E-state index contributed by atoms with van der Waals surface area (Å²) in [5.74, 6) is -1.32. The highest BCUT2D eigenvalue weighted by Gasteiger charge is 2.43. The van der Waals surface area contributed by atoms with Gasteiger partial charge in [0.15, 0.2) is 11.6 Å². The normalized spacial score (nSPS) is 18.0. The van der Waals surface area contributed by atoms with Crippen LogP contribution in [0.5, 0.6) is 5.75 Å². The molecule has 3 aliphatic rings. The van der Waals surface area contributed by atoms with Gasteiger partial charge in [-0.25, -0.2) is 4.39 Å². The number of benzene rings is 2. The van der Waals surface area contributed by atoms with Gasteiger partial charge < -0.3 is 14.7 Å². The van der Waals surface area contributed by atoms with Crippen molar-refractivity contribution in [2.45, 2.75) is 57.5 Å². The van der Waals surface area contributed by atoms with E-state index >= 15 is 0 Å². The second-order valence-electron chi connectivity index (χ2n) is 9.70. The molecule has 0 radical (unpaired) electrons. The molecule has 0 fully saturated rings. The molecule has 1 heterocycles. The van der Waals surface area contributed by atoms with Crippen molar-refractivity contribution in [1.29, 1.82) is 0 Å². The monoisotopic (exact) mass is 645 g/mol. The Morgan fingerprint density at radius 2 is 1.55 bits per heavy atom. The van der Waals surface area contributed by atoms with Gasteiger partial charge in [-0.15, -0.1) is 0 Å². The van der Waals surface area contributed by atoms with E-state index in [0.29, 0.717) is 69.9 Å². The molecule has 0 unspecified atom stereocenters. The molecule has 9 heteroatoms. The Balaban J connectivity index is 1.57. The van der Waals surface area contributed by atoms with Crippen LogP contribution in [0.2, 0.25) is 0 Å². The Morgan fingerprint density at radius 3 is 2.11 bits per heavy atom. The van der Waals surface area contributed by atoms with Crippen LogP contribution in [0.15, 0.2) is 67.9 Å². The van der Waals surface area contributed by atoms with Crippen LogP contribution >= 0.6 is 31.9 Å². The van der Waals surface area contributed by atoms with E-state index in [1.807, 2.05) is 17.0 Å². The molecule has 198 valence electrons. The first-order valence-corrected chi connectivity index (χ1v) is 14.2. The number of hydrogen-bond donors (Lipinski definition) is 1. The first-order valence-electron chi connectivity index (χ1n) is 12.6. The van der Waals surface area contributed by atoms with Gasteiger partial charge in [0.25, 0.3) is 0 Å². The summed E-state index contributed by atoms with van der Waals surface area (Å²) < 4.78 is 21.3. The summed E-state index contributed by atoms with van der Waals surface area (Å²) in [6.07, 6.45) is 3.42. The lowest BCUT2D eigenvalue weighted by molar-refractivity contribution is -0.137. The molecule has 0 bridgehead atoms. The lowest BCUT2D eigenvalue weighted by Gasteiger charge is -2.44. The number of halogens is 3. The first-order chi connectivity index (χ1) is 18.3. The highest BCUT2D eigenvalue weighted by molar-refractivity contribution is 9.11. The molecule has 38 heavy (non-hydrogen) atoms. The van der Waals surface area contributed by atoms with Gasteiger partial charge in [-0.05, 0) is 81.3 Å². The summed E-state index contributed by atoms with van der Waals surface area (Å²) >= 11 is 7.18. The molecule has 0 atom stereocenters. The van der Waals surface area contributed by atoms with Gasteiger partial charge in [-0.1, -0.05) is 18.2 Å². The van der Waals surface area contributed by atoms with Gasteiger partial charge in [0.1, 0.15) is 18.2 Å². The number of carboxylic acid groups (broad SMARTS) is 1. The fraction of sp³-hybridized carbons (Fsp3) is 0.345. The SMILES string of the molecule is O=C(O)CCN1C2=C(C(=O)CCC2)C(c2cc(Br)c(OCc3ccccc3F)c(Br)c2)C2=C1CCCC2=O. The van der Waals surface area contributed by atoms with E-state index in [1.165, 1.54) is 6.07 Å². The Hall–Kier alpha value is -2.78. The Morgan fingerprint density at radius 1 is 0.974 bits per heavy atom. The molecular weight excluding hydrogens is 621 g/mol. The van der Waals surface area contributed by atoms with E-state index in [4.69, 9.17) is 4.74 Å². The summed E-state index contributed by atoms with van der Waals surface area (Å²) in [4.78, 5) is 40.1. The number of Topliss-reactive ketones (excluding diaryl/α,β-unsaturated/α-hetero) is 2. The van der Waals surface area contributed by atoms with Gasteiger partial charge in [0, 0.05) is 53.4 Å². The van der Waals surface area contributed by atoms with Crippen molar-refractivity contribution in [3.8, 4) is 5.75 Å². The van der Waals surface area contributed by atoms with Crippen molar-refractivity contribution in [3.05, 3.63) is 84.8 Å². The molecule has 0 aromatic heterocycles. The number of nitrogens with zero attached hydrogens (tertiary/aromatic N) is 1. The quantitative estimate of drug-likeness (QED) is 0.356. The standard InChI is InChI=1S/C29H26Br2FNO5/c30-18-13-17(14-19(31)29(18)38-15-16-5-1-2-6-20(16)32)26-27-21(7-3-9-23(27)34)33(12-11-25(36)37)22-8-4-10-24(35)28(22)26/h1-2,5-6,13-14,26H,3-4,7-12,15H2,(H,36,37). The molecule has 6 nitrogen and oxygen atoms in total. The lowest BCUT2D eigenvalue weighted by Crippen LogP contribution is -2.39. The zero-order valence-corrected chi connectivity index (χ0v) is 23.7. The molecule has 0 amide bonds. The summed E-state index contributed by atoms with van der Waals surface area (Å²) in [6.45, 7) is 0.267. The minimum atomic E-state index is -0.917. The third-order valence-electron chi connectivity index (χ3n) is 7.32. The molecule has 2 aromatic rings. The first kappa shape index (κ1) is 26.8. The highest BCUT2D eigenvalue weighted by atomic mass is 79.9. The maximum absolute atomic E-state index is 14.1. The maximum Gasteiger partial charge on any atom is 0.305 e. The molecule has 5 rings (SSSR count). The zero-order chi connectivity index (χ0) is 27.0. The minimum absolute atomic E-state index is 0.00590. The number of carbonyl (C=O) groups is 3. The average Bonchev–Trinajstić information content (AvgIpc) is 2.87. The van der Waals surface area contributed by atoms with Gasteiger partial charge >= 0.3 is 5.97 Å². The second-order valence-corrected chi connectivity index (χ2v) is 11.4. The number of ether oxygens (including phenoxy) is 1. The van der Waals surface area contributed by atoms with Crippen molar-refractivity contribution >= 4 is 49.4 Å². The molecule has 2 aliphatic carbocycles. The van der Waals surface area contributed by atoms with Crippen LogP contribution in [0.4, 0.5) is 4.39 Å². The summed E-state index contributed by atoms with van der Waals surface area (Å²) in [6, 6.07) is 10.1. The second kappa shape index (κ2) is 11.1. The minimum Gasteiger partial charge on any atom is -0.486 e. The van der Waals surface area contributed by atoms with Crippen LogP contribution in [0, 0.1) is 5.82 Å². The number of carbonyl (C=O) groups excluding carboxylic acids is 2. The van der Waals surface area contributed by atoms with Gasteiger partial charge in [0.2, 0.25) is 0 Å². The number of hydrogen-bond acceptors (Lipinski definition) is 5. The third-order valence-corrected chi connectivity index (χ3v) is 8.50. The topological polar surface area (TPSA) is 83.9 Å². The maximum atomic E-state index is 14.1. The molecule has 0 spiro atoms. The van der Waals surface area contributed by atoms with Crippen molar-refractivity contribution in [2.75, 3.05) is 6.54 Å². The van der Waals surface area contributed by atoms with E-state index in [0.717, 1.165) is 17.0 Å². The smallest absolute Gasteiger partial charge is 0.305 e. The fourth-order valence-corrected chi connectivity index (χ4v) is 7.13. The van der Waals surface area contributed by atoms with Gasteiger partial charge in [0.05, 0.1) is 15.4 Å². The van der Waals surface area contributed by atoms with Crippen molar-refractivity contribution in [1.82, 2.24) is 4.90 Å². The predicted octanol–water partition coefficient (Wildman–Crippen LogP) is 6.82. The van der Waals surface area contributed by atoms with Crippen molar-refractivity contribution < 1.29 is 28.6 Å². The highest BCUT2D eigenvalue weighted by Crippen LogP contribution is 2.50. The fourth-order valence-electron chi connectivity index (χ4n) is 5.68. The van der Waals surface area contributed by atoms with E-state index in [1.54, 1.807) is 18.2 Å². The summed E-state index contributed by atoms with van der Waals surface area (Å²) in [7, 11) is 0. The largest absolute Gasteiger partial charge is 0.486 e. The van der Waals surface area contributed by atoms with Crippen molar-refractivity contribution in [3.63, 3.8) is 0 Å². The summed E-state index contributed by atoms with van der Waals surface area (Å²) in [5.41, 5.74) is 4.06. The van der Waals surface area contributed by atoms with Crippen LogP contribution in [0.3, 0.4) is 0 Å². The van der Waals surface area contributed by atoms with Gasteiger partial charge in [-0.3, -0.25) is 14.4 Å². The predicted molar refractivity (Wildman–Crippen MR) is 146 cm³/mol. The van der Waals surface area contributed by atoms with Crippen LogP contribution in [-0.4, -0.2) is 34.1 Å². The van der Waals surface area contributed by atoms with E-state index < -0.39 is 11.9 Å². The van der Waals surface area contributed by atoms with Crippen LogP contribution in [0.1, 0.15) is 62.0 Å². The third kappa shape index (κ3) is 5.10.